The van der Waals surface area contributed by atoms with Crippen molar-refractivity contribution in [3.05, 3.63) is 52.2 Å². The second-order valence-corrected chi connectivity index (χ2v) is 5.94. The Hall–Kier alpha value is -2.67. The summed E-state index contributed by atoms with van der Waals surface area (Å²) >= 11 is 0. The molecule has 1 N–H and O–H groups in total. The number of aliphatic hydroxyl groups is 1. The first-order valence-electron chi connectivity index (χ1n) is 7.71. The quantitative estimate of drug-likeness (QED) is 0.761. The van der Waals surface area contributed by atoms with Gasteiger partial charge in [-0.05, 0) is 25.5 Å². The van der Waals surface area contributed by atoms with Crippen LogP contribution in [0.2, 0.25) is 0 Å². The standard InChI is InChI=1S/C17H20N4O3/c1-11-4-5-15(12(2)6-11)24-9-13(22)8-21-10-18-16-14(17(21)23)7-19-20(16)3/h4-7,10,13,22H,8-9H2,1-3H3. The molecule has 0 amide bonds. The van der Waals surface area contributed by atoms with Crippen LogP contribution in [0.5, 0.6) is 5.75 Å². The minimum absolute atomic E-state index is 0.0986. The highest BCUT2D eigenvalue weighted by molar-refractivity contribution is 5.72. The summed E-state index contributed by atoms with van der Waals surface area (Å²) in [7, 11) is 1.73. The summed E-state index contributed by atoms with van der Waals surface area (Å²) in [6.07, 6.45) is 2.09. The molecule has 0 aliphatic heterocycles. The Morgan fingerprint density at radius 3 is 2.88 bits per heavy atom. The SMILES string of the molecule is Cc1ccc(OCC(O)Cn2cnc3c(cnn3C)c2=O)c(C)c1. The molecule has 2 heterocycles. The molecular weight excluding hydrogens is 308 g/mol. The molecule has 0 aliphatic carbocycles. The lowest BCUT2D eigenvalue weighted by atomic mass is 10.1. The van der Waals surface area contributed by atoms with Crippen molar-refractivity contribution in [3.8, 4) is 5.75 Å². The second kappa shape index (κ2) is 6.45. The van der Waals surface area contributed by atoms with Gasteiger partial charge in [0.15, 0.2) is 5.65 Å². The molecule has 1 aromatic carbocycles. The van der Waals surface area contributed by atoms with Crippen LogP contribution in [-0.4, -0.2) is 37.1 Å². The first kappa shape index (κ1) is 16.2. The van der Waals surface area contributed by atoms with Crippen molar-refractivity contribution in [2.75, 3.05) is 6.61 Å². The summed E-state index contributed by atoms with van der Waals surface area (Å²) in [6.45, 7) is 4.18. The Morgan fingerprint density at radius 2 is 2.12 bits per heavy atom. The van der Waals surface area contributed by atoms with E-state index in [4.69, 9.17) is 4.74 Å². The first-order chi connectivity index (χ1) is 11.5. The molecule has 0 radical (unpaired) electrons. The van der Waals surface area contributed by atoms with Crippen LogP contribution < -0.4 is 10.3 Å². The van der Waals surface area contributed by atoms with Gasteiger partial charge in [0.05, 0.1) is 12.7 Å². The van der Waals surface area contributed by atoms with Crippen LogP contribution in [0.4, 0.5) is 0 Å². The number of benzene rings is 1. The molecule has 1 atom stereocenters. The number of fused-ring (bicyclic) bond motifs is 1. The number of aliphatic hydroxyl groups excluding tert-OH is 1. The summed E-state index contributed by atoms with van der Waals surface area (Å²) < 4.78 is 8.57. The fourth-order valence-corrected chi connectivity index (χ4v) is 2.62. The lowest BCUT2D eigenvalue weighted by Gasteiger charge is -2.15. The van der Waals surface area contributed by atoms with Crippen molar-refractivity contribution in [3.63, 3.8) is 0 Å². The van der Waals surface area contributed by atoms with Gasteiger partial charge < -0.3 is 9.84 Å². The van der Waals surface area contributed by atoms with Crippen molar-refractivity contribution in [2.45, 2.75) is 26.5 Å². The monoisotopic (exact) mass is 328 g/mol. The van der Waals surface area contributed by atoms with E-state index in [1.165, 1.54) is 17.1 Å². The van der Waals surface area contributed by atoms with Crippen LogP contribution in [0.25, 0.3) is 11.0 Å². The summed E-state index contributed by atoms with van der Waals surface area (Å²) in [5, 5.41) is 14.6. The average molecular weight is 328 g/mol. The van der Waals surface area contributed by atoms with Crippen molar-refractivity contribution >= 4 is 11.0 Å². The molecule has 0 spiro atoms. The van der Waals surface area contributed by atoms with Crippen LogP contribution >= 0.6 is 0 Å². The van der Waals surface area contributed by atoms with Crippen molar-refractivity contribution in [2.24, 2.45) is 7.05 Å². The number of aryl methyl sites for hydroxylation is 3. The van der Waals surface area contributed by atoms with E-state index in [1.807, 2.05) is 32.0 Å². The lowest BCUT2D eigenvalue weighted by Crippen LogP contribution is -2.30. The van der Waals surface area contributed by atoms with Gasteiger partial charge in [0.2, 0.25) is 0 Å². The number of hydrogen-bond donors (Lipinski definition) is 1. The number of rotatable bonds is 5. The van der Waals surface area contributed by atoms with Gasteiger partial charge in [-0.25, -0.2) is 4.98 Å². The number of ether oxygens (including phenoxy) is 1. The molecule has 7 nitrogen and oxygen atoms in total. The predicted molar refractivity (Wildman–Crippen MR) is 90.2 cm³/mol. The Bertz CT molecular complexity index is 929. The van der Waals surface area contributed by atoms with Gasteiger partial charge in [-0.15, -0.1) is 0 Å². The van der Waals surface area contributed by atoms with E-state index in [1.54, 1.807) is 11.7 Å². The Kier molecular flexibility index (Phi) is 4.35. The number of nitrogens with zero attached hydrogens (tertiary/aromatic N) is 4. The maximum Gasteiger partial charge on any atom is 0.264 e. The Labute approximate surface area is 139 Å². The predicted octanol–water partition coefficient (Wildman–Crippen LogP) is 1.19. The molecule has 24 heavy (non-hydrogen) atoms. The fourth-order valence-electron chi connectivity index (χ4n) is 2.62. The van der Waals surface area contributed by atoms with Gasteiger partial charge in [-0.1, -0.05) is 17.7 Å². The minimum Gasteiger partial charge on any atom is -0.491 e. The van der Waals surface area contributed by atoms with Gasteiger partial charge >= 0.3 is 0 Å². The molecule has 0 aliphatic rings. The molecule has 7 heteroatoms. The van der Waals surface area contributed by atoms with E-state index in [-0.39, 0.29) is 18.7 Å². The van der Waals surface area contributed by atoms with Gasteiger partial charge in [-0.3, -0.25) is 14.0 Å². The summed E-state index contributed by atoms with van der Waals surface area (Å²) in [6, 6.07) is 5.86. The highest BCUT2D eigenvalue weighted by Crippen LogP contribution is 2.18. The smallest absolute Gasteiger partial charge is 0.264 e. The largest absolute Gasteiger partial charge is 0.491 e. The van der Waals surface area contributed by atoms with Crippen LogP contribution in [0, 0.1) is 13.8 Å². The highest BCUT2D eigenvalue weighted by atomic mass is 16.5. The third-order valence-corrected chi connectivity index (χ3v) is 3.89. The zero-order valence-electron chi connectivity index (χ0n) is 13.9. The Balaban J connectivity index is 1.69. The second-order valence-electron chi connectivity index (χ2n) is 5.94. The molecule has 2 aromatic heterocycles. The molecule has 3 aromatic rings. The minimum atomic E-state index is -0.820. The molecule has 0 saturated heterocycles. The van der Waals surface area contributed by atoms with Gasteiger partial charge in [0, 0.05) is 7.05 Å². The molecular formula is C17H20N4O3. The molecule has 3 rings (SSSR count). The van der Waals surface area contributed by atoms with E-state index in [0.717, 1.165) is 16.9 Å². The zero-order valence-corrected chi connectivity index (χ0v) is 13.9. The maximum absolute atomic E-state index is 12.4. The van der Waals surface area contributed by atoms with Crippen molar-refractivity contribution in [1.29, 1.82) is 0 Å². The van der Waals surface area contributed by atoms with E-state index in [2.05, 4.69) is 10.1 Å². The zero-order chi connectivity index (χ0) is 17.3. The lowest BCUT2D eigenvalue weighted by molar-refractivity contribution is 0.0911. The molecule has 126 valence electrons. The van der Waals surface area contributed by atoms with Gasteiger partial charge in [-0.2, -0.15) is 5.10 Å². The topological polar surface area (TPSA) is 82.2 Å². The Morgan fingerprint density at radius 1 is 1.33 bits per heavy atom. The number of hydrogen-bond acceptors (Lipinski definition) is 5. The summed E-state index contributed by atoms with van der Waals surface area (Å²) in [5.74, 6) is 0.729. The maximum atomic E-state index is 12.4. The molecule has 0 saturated carbocycles. The molecule has 0 fully saturated rings. The first-order valence-corrected chi connectivity index (χ1v) is 7.71. The number of aromatic nitrogens is 4. The molecule has 1 unspecified atom stereocenters. The van der Waals surface area contributed by atoms with Crippen LogP contribution in [0.3, 0.4) is 0 Å². The fraction of sp³-hybridized carbons (Fsp3) is 0.353. The highest BCUT2D eigenvalue weighted by Gasteiger charge is 2.12. The summed E-state index contributed by atoms with van der Waals surface area (Å²) in [4.78, 5) is 16.6. The summed E-state index contributed by atoms with van der Waals surface area (Å²) in [5.41, 5.74) is 2.47. The van der Waals surface area contributed by atoms with Crippen molar-refractivity contribution < 1.29 is 9.84 Å². The van der Waals surface area contributed by atoms with Crippen LogP contribution in [0.15, 0.2) is 35.5 Å². The van der Waals surface area contributed by atoms with E-state index < -0.39 is 6.10 Å². The van der Waals surface area contributed by atoms with E-state index >= 15 is 0 Å². The molecule has 0 bridgehead atoms. The van der Waals surface area contributed by atoms with Gasteiger partial charge in [0.25, 0.3) is 5.56 Å². The van der Waals surface area contributed by atoms with Crippen LogP contribution in [0.1, 0.15) is 11.1 Å². The third kappa shape index (κ3) is 3.16. The van der Waals surface area contributed by atoms with Crippen LogP contribution in [-0.2, 0) is 13.6 Å². The van der Waals surface area contributed by atoms with E-state index in [9.17, 15) is 9.90 Å². The normalized spacial score (nSPS) is 12.5. The van der Waals surface area contributed by atoms with E-state index in [0.29, 0.717) is 11.0 Å². The van der Waals surface area contributed by atoms with Crippen molar-refractivity contribution in [1.82, 2.24) is 19.3 Å². The van der Waals surface area contributed by atoms with Gasteiger partial charge in [0.1, 0.15) is 30.2 Å². The average Bonchev–Trinajstić information content (AvgIpc) is 2.91. The third-order valence-electron chi connectivity index (χ3n) is 3.89.